The summed E-state index contributed by atoms with van der Waals surface area (Å²) in [6.45, 7) is 9.58. The third-order valence-corrected chi connectivity index (χ3v) is 4.19. The second-order valence-corrected chi connectivity index (χ2v) is 4.65. The van der Waals surface area contributed by atoms with Crippen LogP contribution in [-0.4, -0.2) is 0 Å². The van der Waals surface area contributed by atoms with Crippen molar-refractivity contribution in [3.05, 3.63) is 0 Å². The zero-order valence-electron chi connectivity index (χ0n) is 9.14. The van der Waals surface area contributed by atoms with Gasteiger partial charge in [-0.25, -0.2) is 0 Å². The molecule has 1 rings (SSSR count). The molecule has 4 atom stereocenters. The first-order chi connectivity index (χ1) is 5.70. The van der Waals surface area contributed by atoms with Gasteiger partial charge in [0.1, 0.15) is 0 Å². The maximum Gasteiger partial charge on any atom is -0.0360 e. The van der Waals surface area contributed by atoms with Gasteiger partial charge in [-0.05, 0) is 36.5 Å². The molecule has 0 nitrogen and oxygen atoms in total. The Hall–Kier alpha value is 0. The molecule has 4 unspecified atom stereocenters. The summed E-state index contributed by atoms with van der Waals surface area (Å²) in [5.41, 5.74) is 0. The van der Waals surface area contributed by atoms with Crippen LogP contribution in [0.5, 0.6) is 0 Å². The largest absolute Gasteiger partial charge is 0.0651 e. The Morgan fingerprint density at radius 2 is 1.92 bits per heavy atom. The van der Waals surface area contributed by atoms with Crippen molar-refractivity contribution in [3.8, 4) is 0 Å². The predicted octanol–water partition coefficient (Wildman–Crippen LogP) is 4.10. The van der Waals surface area contributed by atoms with Crippen molar-refractivity contribution in [2.24, 2.45) is 23.7 Å². The minimum absolute atomic E-state index is 0.955. The lowest BCUT2D eigenvalue weighted by molar-refractivity contribution is 0.250. The van der Waals surface area contributed by atoms with Gasteiger partial charge in [0.05, 0.1) is 0 Å². The van der Waals surface area contributed by atoms with E-state index in [0.29, 0.717) is 0 Å². The molecule has 0 radical (unpaired) electrons. The van der Waals surface area contributed by atoms with Gasteiger partial charge >= 0.3 is 0 Å². The molecule has 1 saturated carbocycles. The molecule has 12 heavy (non-hydrogen) atoms. The molecule has 0 aliphatic heterocycles. The van der Waals surface area contributed by atoms with Gasteiger partial charge < -0.3 is 0 Å². The van der Waals surface area contributed by atoms with E-state index in [1.165, 1.54) is 25.7 Å². The van der Waals surface area contributed by atoms with E-state index >= 15 is 0 Å². The Kier molecular flexibility index (Phi) is 3.61. The van der Waals surface area contributed by atoms with Crippen LogP contribution < -0.4 is 0 Å². The monoisotopic (exact) mass is 168 g/mol. The molecule has 0 aromatic carbocycles. The molecule has 0 aromatic rings. The maximum absolute atomic E-state index is 2.47. The lowest BCUT2D eigenvalue weighted by atomic mass is 9.81. The van der Waals surface area contributed by atoms with Gasteiger partial charge in [-0.2, -0.15) is 0 Å². The molecule has 0 bridgehead atoms. The van der Waals surface area contributed by atoms with Crippen LogP contribution in [0.3, 0.4) is 0 Å². The summed E-state index contributed by atoms with van der Waals surface area (Å²) in [7, 11) is 0. The molecule has 0 aromatic heterocycles. The van der Waals surface area contributed by atoms with E-state index < -0.39 is 0 Å². The van der Waals surface area contributed by atoms with Crippen molar-refractivity contribution in [2.45, 2.75) is 53.4 Å². The fourth-order valence-corrected chi connectivity index (χ4v) is 2.96. The molecule has 1 aliphatic carbocycles. The van der Waals surface area contributed by atoms with Crippen molar-refractivity contribution in [1.29, 1.82) is 0 Å². The van der Waals surface area contributed by atoms with E-state index in [9.17, 15) is 0 Å². The van der Waals surface area contributed by atoms with Crippen LogP contribution in [-0.2, 0) is 0 Å². The molecule has 0 heteroatoms. The second-order valence-electron chi connectivity index (χ2n) is 4.65. The highest BCUT2D eigenvalue weighted by atomic mass is 14.4. The van der Waals surface area contributed by atoms with Crippen LogP contribution in [0.15, 0.2) is 0 Å². The topological polar surface area (TPSA) is 0 Å². The van der Waals surface area contributed by atoms with E-state index in [-0.39, 0.29) is 0 Å². The fraction of sp³-hybridized carbons (Fsp3) is 1.00. The van der Waals surface area contributed by atoms with Crippen LogP contribution >= 0.6 is 0 Å². The van der Waals surface area contributed by atoms with Gasteiger partial charge in [-0.1, -0.05) is 40.5 Å². The Balaban J connectivity index is 2.48. The van der Waals surface area contributed by atoms with Crippen molar-refractivity contribution < 1.29 is 0 Å². The summed E-state index contributed by atoms with van der Waals surface area (Å²) in [5, 5.41) is 0. The number of hydrogen-bond donors (Lipinski definition) is 0. The summed E-state index contributed by atoms with van der Waals surface area (Å²) in [4.78, 5) is 0. The third kappa shape index (κ3) is 1.84. The van der Waals surface area contributed by atoms with Gasteiger partial charge in [-0.15, -0.1) is 0 Å². The van der Waals surface area contributed by atoms with Gasteiger partial charge in [0.25, 0.3) is 0 Å². The summed E-state index contributed by atoms with van der Waals surface area (Å²) in [6, 6.07) is 0. The average Bonchev–Trinajstić information content (AvgIpc) is 2.45. The van der Waals surface area contributed by atoms with Gasteiger partial charge in [0.2, 0.25) is 0 Å². The molecule has 0 N–H and O–H groups in total. The molecule has 0 saturated heterocycles. The van der Waals surface area contributed by atoms with E-state index in [1.807, 2.05) is 0 Å². The van der Waals surface area contributed by atoms with Crippen LogP contribution in [0.1, 0.15) is 53.4 Å². The molecular formula is C12H24. The minimum atomic E-state index is 0.955. The quantitative estimate of drug-likeness (QED) is 0.595. The van der Waals surface area contributed by atoms with Crippen molar-refractivity contribution in [2.75, 3.05) is 0 Å². The molecular weight excluding hydrogens is 144 g/mol. The van der Waals surface area contributed by atoms with Crippen molar-refractivity contribution >= 4 is 0 Å². The van der Waals surface area contributed by atoms with Crippen LogP contribution in [0, 0.1) is 23.7 Å². The molecule has 0 amide bonds. The molecule has 0 spiro atoms. The zero-order valence-corrected chi connectivity index (χ0v) is 9.14. The predicted molar refractivity (Wildman–Crippen MR) is 55.1 cm³/mol. The maximum atomic E-state index is 2.47. The van der Waals surface area contributed by atoms with Crippen LogP contribution in [0.4, 0.5) is 0 Å². The fourth-order valence-electron chi connectivity index (χ4n) is 2.96. The molecule has 72 valence electrons. The first-order valence-electron chi connectivity index (χ1n) is 5.70. The Morgan fingerprint density at radius 1 is 1.25 bits per heavy atom. The highest BCUT2D eigenvalue weighted by Gasteiger charge is 2.33. The molecule has 0 heterocycles. The number of hydrogen-bond acceptors (Lipinski definition) is 0. The third-order valence-electron chi connectivity index (χ3n) is 4.19. The van der Waals surface area contributed by atoms with Crippen LogP contribution in [0.25, 0.3) is 0 Å². The minimum Gasteiger partial charge on any atom is -0.0651 e. The lowest BCUT2D eigenvalue weighted by Gasteiger charge is -2.24. The summed E-state index contributed by atoms with van der Waals surface area (Å²) in [6.07, 6.45) is 5.75. The summed E-state index contributed by atoms with van der Waals surface area (Å²) >= 11 is 0. The Morgan fingerprint density at radius 3 is 2.33 bits per heavy atom. The first-order valence-corrected chi connectivity index (χ1v) is 5.70. The van der Waals surface area contributed by atoms with E-state index in [4.69, 9.17) is 0 Å². The average molecular weight is 168 g/mol. The number of rotatable bonds is 3. The van der Waals surface area contributed by atoms with Gasteiger partial charge in [0, 0.05) is 0 Å². The Bertz CT molecular complexity index is 128. The zero-order chi connectivity index (χ0) is 9.14. The van der Waals surface area contributed by atoms with Crippen molar-refractivity contribution in [3.63, 3.8) is 0 Å². The molecule has 1 aliphatic rings. The van der Waals surface area contributed by atoms with Gasteiger partial charge in [-0.3, -0.25) is 0 Å². The normalized spacial score (nSPS) is 38.5. The van der Waals surface area contributed by atoms with Crippen LogP contribution in [0.2, 0.25) is 0 Å². The summed E-state index contributed by atoms with van der Waals surface area (Å²) in [5.74, 6) is 4.01. The first kappa shape index (κ1) is 10.1. The Labute approximate surface area is 77.7 Å². The molecule has 1 fully saturated rings. The standard InChI is InChI=1S/C12H24/c1-5-9(3)12-8-7-11(6-2)10(12)4/h9-12H,5-8H2,1-4H3. The second kappa shape index (κ2) is 4.30. The van der Waals surface area contributed by atoms with E-state index in [1.54, 1.807) is 0 Å². The van der Waals surface area contributed by atoms with Gasteiger partial charge in [0.15, 0.2) is 0 Å². The van der Waals surface area contributed by atoms with E-state index in [2.05, 4.69) is 27.7 Å². The summed E-state index contributed by atoms with van der Waals surface area (Å²) < 4.78 is 0. The smallest absolute Gasteiger partial charge is 0.0360 e. The highest BCUT2D eigenvalue weighted by Crippen LogP contribution is 2.43. The SMILES string of the molecule is CCC(C)C1CCC(CC)C1C. The highest BCUT2D eigenvalue weighted by molar-refractivity contribution is 4.83. The van der Waals surface area contributed by atoms with E-state index in [0.717, 1.165) is 23.7 Å². The van der Waals surface area contributed by atoms with Crippen molar-refractivity contribution in [1.82, 2.24) is 0 Å². The lowest BCUT2D eigenvalue weighted by Crippen LogP contribution is -2.17.